The molecule has 1 heterocycles. The lowest BCUT2D eigenvalue weighted by atomic mass is 10.2. The second-order valence-corrected chi connectivity index (χ2v) is 6.20. The second-order valence-electron chi connectivity index (χ2n) is 5.01. The maximum absolute atomic E-state index is 13.5. The quantitative estimate of drug-likeness (QED) is 0.782. The van der Waals surface area contributed by atoms with Gasteiger partial charge in [0.15, 0.2) is 5.17 Å². The third-order valence-corrected chi connectivity index (χ3v) is 4.24. The topological polar surface area (TPSA) is 70.6 Å². The van der Waals surface area contributed by atoms with E-state index in [-0.39, 0.29) is 18.0 Å². The Labute approximate surface area is 136 Å². The number of carbonyl (C=O) groups excluding carboxylic acids is 2. The monoisotopic (exact) mass is 341 g/mol. The van der Waals surface area contributed by atoms with E-state index < -0.39 is 22.8 Å². The molecule has 1 atom stereocenters. The van der Waals surface area contributed by atoms with Crippen molar-refractivity contribution in [2.75, 3.05) is 11.9 Å². The first-order valence-corrected chi connectivity index (χ1v) is 8.14. The number of amides is 2. The van der Waals surface area contributed by atoms with Gasteiger partial charge in [-0.05, 0) is 18.6 Å². The Morgan fingerprint density at radius 3 is 2.91 bits per heavy atom. The molecule has 2 amide bonds. The lowest BCUT2D eigenvalue weighted by Gasteiger charge is -2.08. The van der Waals surface area contributed by atoms with E-state index in [9.17, 15) is 18.4 Å². The number of hydrogen-bond donors (Lipinski definition) is 2. The van der Waals surface area contributed by atoms with Gasteiger partial charge in [0.1, 0.15) is 16.9 Å². The zero-order valence-corrected chi connectivity index (χ0v) is 13.4. The maximum atomic E-state index is 13.5. The molecule has 0 saturated carbocycles. The average molecular weight is 341 g/mol. The van der Waals surface area contributed by atoms with E-state index in [1.54, 1.807) is 0 Å². The van der Waals surface area contributed by atoms with Gasteiger partial charge in [0.25, 0.3) is 0 Å². The van der Waals surface area contributed by atoms with Crippen LogP contribution in [0.3, 0.4) is 0 Å². The highest BCUT2D eigenvalue weighted by molar-refractivity contribution is 8.15. The van der Waals surface area contributed by atoms with E-state index in [2.05, 4.69) is 15.6 Å². The van der Waals surface area contributed by atoms with Gasteiger partial charge in [-0.1, -0.05) is 25.1 Å². The zero-order valence-electron chi connectivity index (χ0n) is 12.6. The van der Waals surface area contributed by atoms with Crippen molar-refractivity contribution >= 4 is 34.4 Å². The molecule has 0 aliphatic carbocycles. The van der Waals surface area contributed by atoms with Crippen molar-refractivity contribution in [3.05, 3.63) is 29.8 Å². The molecule has 0 unspecified atom stereocenters. The summed E-state index contributed by atoms with van der Waals surface area (Å²) >= 11 is 1.19. The van der Waals surface area contributed by atoms with Crippen molar-refractivity contribution in [1.82, 2.24) is 5.32 Å². The fourth-order valence-electron chi connectivity index (χ4n) is 1.91. The minimum atomic E-state index is -0.858. The fourth-order valence-corrected chi connectivity index (χ4v) is 2.91. The van der Waals surface area contributed by atoms with Crippen LogP contribution in [0.5, 0.6) is 0 Å². The Bertz CT molecular complexity index is 637. The molecule has 5 nitrogen and oxygen atoms in total. The summed E-state index contributed by atoms with van der Waals surface area (Å²) in [5.74, 6) is -2.39. The van der Waals surface area contributed by atoms with Crippen LogP contribution in [0.1, 0.15) is 26.2 Å². The number of unbranched alkanes of at least 4 members (excludes halogenated alkanes) is 1. The molecule has 1 aromatic carbocycles. The van der Waals surface area contributed by atoms with Crippen molar-refractivity contribution < 1.29 is 18.4 Å². The van der Waals surface area contributed by atoms with Crippen LogP contribution < -0.4 is 10.6 Å². The van der Waals surface area contributed by atoms with Crippen LogP contribution >= 0.6 is 11.8 Å². The lowest BCUT2D eigenvalue weighted by molar-refractivity contribution is -0.122. The number of rotatable bonds is 6. The number of nitrogens with zero attached hydrogens (tertiary/aromatic N) is 1. The Morgan fingerprint density at radius 2 is 2.22 bits per heavy atom. The van der Waals surface area contributed by atoms with Crippen LogP contribution in [0, 0.1) is 11.6 Å². The first-order valence-electron chi connectivity index (χ1n) is 7.26. The predicted octanol–water partition coefficient (Wildman–Crippen LogP) is 2.68. The van der Waals surface area contributed by atoms with Gasteiger partial charge in [-0.2, -0.15) is 0 Å². The molecular weight excluding hydrogens is 324 g/mol. The summed E-state index contributed by atoms with van der Waals surface area (Å²) in [5, 5.41) is 4.87. The highest BCUT2D eigenvalue weighted by Crippen LogP contribution is 2.23. The van der Waals surface area contributed by atoms with Gasteiger partial charge in [-0.15, -0.1) is 0 Å². The number of thioether (sulfide) groups is 1. The van der Waals surface area contributed by atoms with E-state index in [0.717, 1.165) is 25.0 Å². The Hall–Kier alpha value is -1.96. The van der Waals surface area contributed by atoms with Crippen molar-refractivity contribution in [3.63, 3.8) is 0 Å². The van der Waals surface area contributed by atoms with Crippen LogP contribution in [-0.4, -0.2) is 28.8 Å². The Balaban J connectivity index is 1.90. The van der Waals surface area contributed by atoms with Crippen LogP contribution in [0.15, 0.2) is 23.2 Å². The van der Waals surface area contributed by atoms with Crippen LogP contribution in [-0.2, 0) is 9.59 Å². The third kappa shape index (κ3) is 5.02. The van der Waals surface area contributed by atoms with Crippen LogP contribution in [0.25, 0.3) is 0 Å². The van der Waals surface area contributed by atoms with E-state index in [0.29, 0.717) is 17.8 Å². The van der Waals surface area contributed by atoms with E-state index in [1.807, 2.05) is 6.92 Å². The molecule has 1 aromatic rings. The summed E-state index contributed by atoms with van der Waals surface area (Å²) in [5.41, 5.74) is -0.114. The molecule has 1 aliphatic heterocycles. The average Bonchev–Trinajstić information content (AvgIpc) is 2.82. The third-order valence-electron chi connectivity index (χ3n) is 3.12. The molecule has 23 heavy (non-hydrogen) atoms. The fraction of sp³-hybridized carbons (Fsp3) is 0.400. The minimum absolute atomic E-state index is 0.111. The molecule has 0 spiro atoms. The number of benzene rings is 1. The predicted molar refractivity (Wildman–Crippen MR) is 86.3 cm³/mol. The molecule has 8 heteroatoms. The highest BCUT2D eigenvalue weighted by Gasteiger charge is 2.32. The zero-order chi connectivity index (χ0) is 16.8. The van der Waals surface area contributed by atoms with Gasteiger partial charge in [0.2, 0.25) is 11.8 Å². The molecule has 0 aromatic heterocycles. The number of hydrogen-bond acceptors (Lipinski definition) is 4. The van der Waals surface area contributed by atoms with Crippen molar-refractivity contribution in [1.29, 1.82) is 0 Å². The van der Waals surface area contributed by atoms with Crippen molar-refractivity contribution in [3.8, 4) is 0 Å². The molecule has 1 fully saturated rings. The summed E-state index contributed by atoms with van der Waals surface area (Å²) in [6, 6.07) is 2.88. The van der Waals surface area contributed by atoms with Crippen LogP contribution in [0.2, 0.25) is 0 Å². The largest absolute Gasteiger partial charge is 0.324 e. The van der Waals surface area contributed by atoms with Crippen LogP contribution in [0.4, 0.5) is 14.5 Å². The van der Waals surface area contributed by atoms with Gasteiger partial charge in [-0.3, -0.25) is 14.6 Å². The molecule has 1 saturated heterocycles. The minimum Gasteiger partial charge on any atom is -0.324 e. The normalized spacial score (nSPS) is 19.0. The summed E-state index contributed by atoms with van der Waals surface area (Å²) < 4.78 is 26.3. The SMILES string of the molecule is CCCCN=C1NC(=O)[C@@H](CC(=O)Nc2ccc(F)cc2F)S1. The first kappa shape index (κ1) is 17.4. The summed E-state index contributed by atoms with van der Waals surface area (Å²) in [4.78, 5) is 28.0. The second kappa shape index (κ2) is 8.05. The molecule has 2 rings (SSSR count). The Kier molecular flexibility index (Phi) is 6.09. The number of amidine groups is 1. The Morgan fingerprint density at radius 1 is 1.43 bits per heavy atom. The van der Waals surface area contributed by atoms with Gasteiger partial charge in [-0.25, -0.2) is 8.78 Å². The number of nitrogens with one attached hydrogen (secondary N) is 2. The van der Waals surface area contributed by atoms with Crippen molar-refractivity contribution in [2.45, 2.75) is 31.4 Å². The molecule has 1 aliphatic rings. The maximum Gasteiger partial charge on any atom is 0.240 e. The number of aliphatic imine (C=N–C) groups is 1. The van der Waals surface area contributed by atoms with E-state index in [4.69, 9.17) is 0 Å². The van der Waals surface area contributed by atoms with Gasteiger partial charge < -0.3 is 10.6 Å². The molecule has 0 radical (unpaired) electrons. The molecule has 0 bridgehead atoms. The smallest absolute Gasteiger partial charge is 0.240 e. The molecule has 124 valence electrons. The lowest BCUT2D eigenvalue weighted by Crippen LogP contribution is -2.28. The van der Waals surface area contributed by atoms with E-state index in [1.165, 1.54) is 11.8 Å². The number of carbonyl (C=O) groups is 2. The summed E-state index contributed by atoms with van der Waals surface area (Å²) in [7, 11) is 0. The van der Waals surface area contributed by atoms with Gasteiger partial charge >= 0.3 is 0 Å². The highest BCUT2D eigenvalue weighted by atomic mass is 32.2. The molecule has 2 N–H and O–H groups in total. The van der Waals surface area contributed by atoms with Gasteiger partial charge in [0, 0.05) is 19.0 Å². The molecular formula is C15H17F2N3O2S. The summed E-state index contributed by atoms with van der Waals surface area (Å²) in [6.45, 7) is 2.67. The van der Waals surface area contributed by atoms with Gasteiger partial charge in [0.05, 0.1) is 5.69 Å². The first-order chi connectivity index (χ1) is 11.0. The number of halogens is 2. The van der Waals surface area contributed by atoms with Crippen molar-refractivity contribution in [2.24, 2.45) is 4.99 Å². The standard InChI is InChI=1S/C15H17F2N3O2S/c1-2-3-6-18-15-20-14(22)12(23-15)8-13(21)19-11-5-4-9(16)7-10(11)17/h4-5,7,12H,2-3,6,8H2,1H3,(H,19,21)(H,18,20,22)/t12-/m1/s1. The number of anilines is 1. The summed E-state index contributed by atoms with van der Waals surface area (Å²) in [6.07, 6.45) is 1.82. The van der Waals surface area contributed by atoms with E-state index >= 15 is 0 Å².